The van der Waals surface area contributed by atoms with E-state index in [1.165, 1.54) is 26.0 Å². The highest BCUT2D eigenvalue weighted by molar-refractivity contribution is 8.01. The Hall–Kier alpha value is -2.92. The Bertz CT molecular complexity index is 1270. The molecule has 0 fully saturated rings. The van der Waals surface area contributed by atoms with Crippen molar-refractivity contribution in [2.24, 2.45) is 14.1 Å². The first-order chi connectivity index (χ1) is 14.5. The summed E-state index contributed by atoms with van der Waals surface area (Å²) in [5.41, 5.74) is 1.37. The van der Waals surface area contributed by atoms with Gasteiger partial charge in [-0.15, -0.1) is 10.2 Å². The quantitative estimate of drug-likeness (QED) is 0.329. The summed E-state index contributed by atoms with van der Waals surface area (Å²) in [5.74, 6) is 0.729. The lowest BCUT2D eigenvalue weighted by Gasteiger charge is -2.08. The maximum absolute atomic E-state index is 12.7. The summed E-state index contributed by atoms with van der Waals surface area (Å²) >= 11 is 3.07. The molecule has 0 aliphatic carbocycles. The van der Waals surface area contributed by atoms with Crippen LogP contribution in [-0.2, 0) is 27.2 Å². The SMILES string of the molecule is Cn1cnc2c1c(=O)n(CCCSc1nnc(NCc3ccccc3)s1)c(=O)n2C. The van der Waals surface area contributed by atoms with Crippen molar-refractivity contribution in [2.75, 3.05) is 11.1 Å². The maximum atomic E-state index is 12.7. The molecule has 0 saturated heterocycles. The Morgan fingerprint density at radius 3 is 2.73 bits per heavy atom. The van der Waals surface area contributed by atoms with Crippen LogP contribution in [0.15, 0.2) is 50.6 Å². The Balaban J connectivity index is 1.34. The normalized spacial score (nSPS) is 11.3. The number of fused-ring (bicyclic) bond motifs is 1. The van der Waals surface area contributed by atoms with Crippen LogP contribution in [0.4, 0.5) is 5.13 Å². The number of nitrogens with zero attached hydrogens (tertiary/aromatic N) is 6. The van der Waals surface area contributed by atoms with Crippen LogP contribution in [0.5, 0.6) is 0 Å². The Morgan fingerprint density at radius 1 is 1.13 bits per heavy atom. The number of rotatable bonds is 8. The van der Waals surface area contributed by atoms with E-state index in [0.29, 0.717) is 30.7 Å². The minimum atomic E-state index is -0.348. The van der Waals surface area contributed by atoms with Crippen molar-refractivity contribution in [1.29, 1.82) is 0 Å². The lowest BCUT2D eigenvalue weighted by molar-refractivity contribution is 0.594. The first kappa shape index (κ1) is 20.4. The smallest absolute Gasteiger partial charge is 0.332 e. The van der Waals surface area contributed by atoms with E-state index in [1.807, 2.05) is 18.2 Å². The predicted octanol–water partition coefficient (Wildman–Crippen LogP) is 2.08. The monoisotopic (exact) mass is 443 g/mol. The number of nitrogens with one attached hydrogen (secondary N) is 1. The van der Waals surface area contributed by atoms with Crippen LogP contribution >= 0.6 is 23.1 Å². The second-order valence-electron chi connectivity index (χ2n) is 6.74. The van der Waals surface area contributed by atoms with E-state index in [2.05, 4.69) is 32.6 Å². The van der Waals surface area contributed by atoms with Crippen molar-refractivity contribution in [3.8, 4) is 0 Å². The molecule has 4 rings (SSSR count). The van der Waals surface area contributed by atoms with Crippen LogP contribution in [0.3, 0.4) is 0 Å². The van der Waals surface area contributed by atoms with Crippen LogP contribution in [-0.4, -0.2) is 34.6 Å². The van der Waals surface area contributed by atoms with E-state index in [-0.39, 0.29) is 11.2 Å². The maximum Gasteiger partial charge on any atom is 0.332 e. The molecule has 0 radical (unpaired) electrons. The molecule has 0 atom stereocenters. The lowest BCUT2D eigenvalue weighted by atomic mass is 10.2. The van der Waals surface area contributed by atoms with Gasteiger partial charge in [-0.3, -0.25) is 13.9 Å². The first-order valence-electron chi connectivity index (χ1n) is 9.39. The van der Waals surface area contributed by atoms with Gasteiger partial charge in [0.2, 0.25) is 5.13 Å². The average molecular weight is 444 g/mol. The zero-order chi connectivity index (χ0) is 21.1. The van der Waals surface area contributed by atoms with E-state index in [1.54, 1.807) is 36.8 Å². The number of aryl methyl sites for hydroxylation is 2. The third kappa shape index (κ3) is 4.17. The van der Waals surface area contributed by atoms with Crippen molar-refractivity contribution in [3.63, 3.8) is 0 Å². The molecule has 3 heterocycles. The van der Waals surface area contributed by atoms with Gasteiger partial charge in [-0.05, 0) is 12.0 Å². The zero-order valence-corrected chi connectivity index (χ0v) is 18.2. The molecule has 0 saturated carbocycles. The zero-order valence-electron chi connectivity index (χ0n) is 16.6. The predicted molar refractivity (Wildman–Crippen MR) is 119 cm³/mol. The van der Waals surface area contributed by atoms with E-state index in [4.69, 9.17) is 0 Å². The fourth-order valence-corrected chi connectivity index (χ4v) is 4.83. The molecule has 156 valence electrons. The number of benzene rings is 1. The molecule has 1 aromatic carbocycles. The summed E-state index contributed by atoms with van der Waals surface area (Å²) < 4.78 is 5.19. The minimum absolute atomic E-state index is 0.304. The van der Waals surface area contributed by atoms with E-state index in [9.17, 15) is 9.59 Å². The van der Waals surface area contributed by atoms with Gasteiger partial charge in [-0.2, -0.15) is 0 Å². The lowest BCUT2D eigenvalue weighted by Crippen LogP contribution is -2.39. The fraction of sp³-hybridized carbons (Fsp3) is 0.316. The fourth-order valence-electron chi connectivity index (χ4n) is 3.09. The molecule has 4 aromatic rings. The second-order valence-corrected chi connectivity index (χ2v) is 9.06. The average Bonchev–Trinajstić information content (AvgIpc) is 3.37. The third-order valence-electron chi connectivity index (χ3n) is 4.65. The van der Waals surface area contributed by atoms with Crippen LogP contribution in [0.25, 0.3) is 11.2 Å². The summed E-state index contributed by atoms with van der Waals surface area (Å²) in [7, 11) is 3.38. The Morgan fingerprint density at radius 2 is 1.93 bits per heavy atom. The molecular weight excluding hydrogens is 422 g/mol. The van der Waals surface area contributed by atoms with Gasteiger partial charge in [-0.25, -0.2) is 9.78 Å². The summed E-state index contributed by atoms with van der Waals surface area (Å²) in [6.07, 6.45) is 2.21. The summed E-state index contributed by atoms with van der Waals surface area (Å²) in [6.45, 7) is 1.04. The Kier molecular flexibility index (Phi) is 6.00. The molecule has 0 bridgehead atoms. The number of hydrogen-bond acceptors (Lipinski definition) is 8. The highest BCUT2D eigenvalue weighted by atomic mass is 32.2. The van der Waals surface area contributed by atoms with E-state index in [0.717, 1.165) is 15.2 Å². The van der Waals surface area contributed by atoms with Gasteiger partial charge in [0.15, 0.2) is 15.5 Å². The van der Waals surface area contributed by atoms with Gasteiger partial charge < -0.3 is 9.88 Å². The first-order valence-corrected chi connectivity index (χ1v) is 11.2. The minimum Gasteiger partial charge on any atom is -0.356 e. The molecule has 11 heteroatoms. The summed E-state index contributed by atoms with van der Waals surface area (Å²) in [5, 5.41) is 12.4. The van der Waals surface area contributed by atoms with Crippen molar-refractivity contribution in [3.05, 3.63) is 63.1 Å². The molecule has 0 spiro atoms. The third-order valence-corrected chi connectivity index (χ3v) is 6.75. The summed E-state index contributed by atoms with van der Waals surface area (Å²) in [6, 6.07) is 10.1. The molecule has 0 aliphatic rings. The molecular formula is C19H21N7O2S2. The Labute approximate surface area is 180 Å². The standard InChI is InChI=1S/C19H21N7O2S2/c1-24-12-21-15-14(24)16(27)26(19(28)25(15)2)9-6-10-29-18-23-22-17(30-18)20-11-13-7-4-3-5-8-13/h3-5,7-8,12H,6,9-11H2,1-2H3,(H,20,22). The van der Waals surface area contributed by atoms with Crippen LogP contribution in [0, 0.1) is 0 Å². The van der Waals surface area contributed by atoms with Crippen molar-refractivity contribution in [1.82, 2.24) is 28.9 Å². The number of anilines is 1. The van der Waals surface area contributed by atoms with Gasteiger partial charge in [0.25, 0.3) is 5.56 Å². The van der Waals surface area contributed by atoms with Crippen molar-refractivity contribution >= 4 is 39.4 Å². The number of hydrogen-bond donors (Lipinski definition) is 1. The number of imidazole rings is 1. The van der Waals surface area contributed by atoms with Gasteiger partial charge >= 0.3 is 5.69 Å². The molecule has 0 aliphatic heterocycles. The van der Waals surface area contributed by atoms with Crippen LogP contribution < -0.4 is 16.6 Å². The second kappa shape index (κ2) is 8.84. The van der Waals surface area contributed by atoms with Crippen molar-refractivity contribution < 1.29 is 0 Å². The van der Waals surface area contributed by atoms with E-state index < -0.39 is 0 Å². The van der Waals surface area contributed by atoms with Crippen LogP contribution in [0.1, 0.15) is 12.0 Å². The molecule has 0 unspecified atom stereocenters. The molecule has 0 amide bonds. The van der Waals surface area contributed by atoms with Gasteiger partial charge in [0.1, 0.15) is 0 Å². The molecule has 9 nitrogen and oxygen atoms in total. The number of thioether (sulfide) groups is 1. The highest BCUT2D eigenvalue weighted by Gasteiger charge is 2.14. The van der Waals surface area contributed by atoms with Crippen LogP contribution in [0.2, 0.25) is 0 Å². The van der Waals surface area contributed by atoms with Gasteiger partial charge in [0.05, 0.1) is 6.33 Å². The van der Waals surface area contributed by atoms with Crippen molar-refractivity contribution in [2.45, 2.75) is 23.8 Å². The number of aromatic nitrogens is 6. The summed E-state index contributed by atoms with van der Waals surface area (Å²) in [4.78, 5) is 29.3. The highest BCUT2D eigenvalue weighted by Crippen LogP contribution is 2.26. The molecule has 3 aromatic heterocycles. The largest absolute Gasteiger partial charge is 0.356 e. The molecule has 1 N–H and O–H groups in total. The topological polar surface area (TPSA) is 99.6 Å². The van der Waals surface area contributed by atoms with Gasteiger partial charge in [-0.1, -0.05) is 53.4 Å². The van der Waals surface area contributed by atoms with E-state index >= 15 is 0 Å². The van der Waals surface area contributed by atoms with Gasteiger partial charge in [0, 0.05) is 32.9 Å². The molecule has 30 heavy (non-hydrogen) atoms.